The lowest BCUT2D eigenvalue weighted by Gasteiger charge is -2.29. The lowest BCUT2D eigenvalue weighted by atomic mass is 9.85. The summed E-state index contributed by atoms with van der Waals surface area (Å²) in [6.07, 6.45) is 5.26. The molecule has 120 valence electrons. The van der Waals surface area contributed by atoms with Gasteiger partial charge in [-0.1, -0.05) is 24.6 Å². The number of likely N-dealkylation sites (tertiary alicyclic amines) is 1. The highest BCUT2D eigenvalue weighted by Gasteiger charge is 2.33. The molecular formula is C18H26N2OS. The summed E-state index contributed by atoms with van der Waals surface area (Å²) in [5.41, 5.74) is 6.03. The highest BCUT2D eigenvalue weighted by Crippen LogP contribution is 2.30. The number of rotatable bonds is 4. The second-order valence-electron chi connectivity index (χ2n) is 6.69. The van der Waals surface area contributed by atoms with Gasteiger partial charge in [-0.3, -0.25) is 4.79 Å². The van der Waals surface area contributed by atoms with E-state index in [0.717, 1.165) is 50.9 Å². The van der Waals surface area contributed by atoms with E-state index in [4.69, 9.17) is 5.73 Å². The third kappa shape index (κ3) is 4.05. The van der Waals surface area contributed by atoms with Gasteiger partial charge in [0.2, 0.25) is 5.91 Å². The molecule has 1 saturated carbocycles. The molecule has 1 aromatic carbocycles. The van der Waals surface area contributed by atoms with Gasteiger partial charge >= 0.3 is 0 Å². The molecule has 2 N–H and O–H groups in total. The Hall–Kier alpha value is -1.00. The number of nitrogens with two attached hydrogens (primary N) is 1. The summed E-state index contributed by atoms with van der Waals surface area (Å²) in [5.74, 6) is 2.29. The lowest BCUT2D eigenvalue weighted by Crippen LogP contribution is -2.39. The quantitative estimate of drug-likeness (QED) is 0.868. The number of carbonyl (C=O) groups excluding carboxylic acids is 1. The molecule has 0 bridgehead atoms. The molecule has 3 unspecified atom stereocenters. The minimum absolute atomic E-state index is 0.185. The molecule has 2 aliphatic rings. The minimum atomic E-state index is 0.185. The molecule has 4 heteroatoms. The van der Waals surface area contributed by atoms with Gasteiger partial charge in [0.1, 0.15) is 0 Å². The molecule has 3 nitrogen and oxygen atoms in total. The molecule has 22 heavy (non-hydrogen) atoms. The largest absolute Gasteiger partial charge is 0.342 e. The van der Waals surface area contributed by atoms with Gasteiger partial charge in [-0.05, 0) is 43.7 Å². The van der Waals surface area contributed by atoms with E-state index < -0.39 is 0 Å². The van der Waals surface area contributed by atoms with E-state index in [1.54, 1.807) is 0 Å². The molecule has 2 fully saturated rings. The Kier molecular flexibility index (Phi) is 5.42. The van der Waals surface area contributed by atoms with Crippen LogP contribution in [0.25, 0.3) is 0 Å². The monoisotopic (exact) mass is 318 g/mol. The van der Waals surface area contributed by atoms with Crippen LogP contribution < -0.4 is 5.73 Å². The maximum Gasteiger partial charge on any atom is 0.225 e. The van der Waals surface area contributed by atoms with E-state index in [9.17, 15) is 4.79 Å². The van der Waals surface area contributed by atoms with Crippen molar-refractivity contribution in [1.82, 2.24) is 4.90 Å². The lowest BCUT2D eigenvalue weighted by molar-refractivity contribution is -0.135. The van der Waals surface area contributed by atoms with E-state index in [1.165, 1.54) is 4.90 Å². The number of thioether (sulfide) groups is 1. The first-order chi connectivity index (χ1) is 10.7. The second-order valence-corrected chi connectivity index (χ2v) is 7.78. The van der Waals surface area contributed by atoms with Gasteiger partial charge in [0.05, 0.1) is 0 Å². The minimum Gasteiger partial charge on any atom is -0.342 e. The van der Waals surface area contributed by atoms with Crippen molar-refractivity contribution in [2.45, 2.75) is 43.0 Å². The van der Waals surface area contributed by atoms with Crippen LogP contribution in [0.5, 0.6) is 0 Å². The van der Waals surface area contributed by atoms with Crippen molar-refractivity contribution < 1.29 is 4.79 Å². The molecule has 3 rings (SSSR count). The van der Waals surface area contributed by atoms with Gasteiger partial charge in [0.25, 0.3) is 0 Å². The van der Waals surface area contributed by atoms with E-state index in [2.05, 4.69) is 35.2 Å². The Morgan fingerprint density at radius 1 is 1.23 bits per heavy atom. The summed E-state index contributed by atoms with van der Waals surface area (Å²) < 4.78 is 0. The number of nitrogens with zero attached hydrogens (tertiary/aromatic N) is 1. The Morgan fingerprint density at radius 2 is 2.05 bits per heavy atom. The van der Waals surface area contributed by atoms with Crippen LogP contribution >= 0.6 is 11.8 Å². The Balaban J connectivity index is 1.46. The van der Waals surface area contributed by atoms with Crippen molar-refractivity contribution in [2.24, 2.45) is 17.6 Å². The second kappa shape index (κ2) is 7.51. The van der Waals surface area contributed by atoms with Crippen LogP contribution in [0.1, 0.15) is 32.1 Å². The summed E-state index contributed by atoms with van der Waals surface area (Å²) in [6, 6.07) is 10.8. The number of carbonyl (C=O) groups is 1. The van der Waals surface area contributed by atoms with Crippen molar-refractivity contribution in [2.75, 3.05) is 18.8 Å². The third-order valence-corrected chi connectivity index (χ3v) is 6.13. The number of benzene rings is 1. The third-order valence-electron chi connectivity index (χ3n) is 4.89. The smallest absolute Gasteiger partial charge is 0.225 e. The first kappa shape index (κ1) is 15.9. The van der Waals surface area contributed by atoms with Crippen LogP contribution in [-0.4, -0.2) is 35.7 Å². The van der Waals surface area contributed by atoms with Crippen LogP contribution in [0.2, 0.25) is 0 Å². The summed E-state index contributed by atoms with van der Waals surface area (Å²) in [6.45, 7) is 1.87. The van der Waals surface area contributed by atoms with Gasteiger partial charge in [-0.15, -0.1) is 11.8 Å². The molecule has 1 heterocycles. The molecule has 1 saturated heterocycles. The average Bonchev–Trinajstić information content (AvgIpc) is 3.02. The van der Waals surface area contributed by atoms with Gasteiger partial charge in [-0.2, -0.15) is 0 Å². The topological polar surface area (TPSA) is 46.3 Å². The van der Waals surface area contributed by atoms with E-state index in [1.807, 2.05) is 11.8 Å². The Morgan fingerprint density at radius 3 is 2.82 bits per heavy atom. The maximum absolute atomic E-state index is 12.6. The number of amides is 1. The van der Waals surface area contributed by atoms with Crippen molar-refractivity contribution in [3.05, 3.63) is 30.3 Å². The number of hydrogen-bond donors (Lipinski definition) is 1. The normalized spacial score (nSPS) is 28.8. The van der Waals surface area contributed by atoms with Crippen molar-refractivity contribution in [1.29, 1.82) is 0 Å². The Bertz CT molecular complexity index is 493. The zero-order valence-electron chi connectivity index (χ0n) is 13.1. The van der Waals surface area contributed by atoms with E-state index in [-0.39, 0.29) is 12.0 Å². The highest BCUT2D eigenvalue weighted by molar-refractivity contribution is 7.99. The number of hydrogen-bond acceptors (Lipinski definition) is 3. The molecular weight excluding hydrogens is 292 g/mol. The summed E-state index contributed by atoms with van der Waals surface area (Å²) in [7, 11) is 0. The molecule has 0 radical (unpaired) electrons. The average molecular weight is 318 g/mol. The van der Waals surface area contributed by atoms with Gasteiger partial charge in [-0.25, -0.2) is 0 Å². The van der Waals surface area contributed by atoms with Crippen LogP contribution in [-0.2, 0) is 4.79 Å². The van der Waals surface area contributed by atoms with Crippen molar-refractivity contribution >= 4 is 17.7 Å². The molecule has 0 spiro atoms. The first-order valence-corrected chi connectivity index (χ1v) is 9.43. The summed E-state index contributed by atoms with van der Waals surface area (Å²) in [5, 5.41) is 0. The fraction of sp³-hybridized carbons (Fsp3) is 0.611. The zero-order chi connectivity index (χ0) is 15.4. The predicted octanol–water partition coefficient (Wildman–Crippen LogP) is 3.14. The molecule has 3 atom stereocenters. The Labute approximate surface area is 137 Å². The van der Waals surface area contributed by atoms with Crippen molar-refractivity contribution in [3.63, 3.8) is 0 Å². The van der Waals surface area contributed by atoms with Gasteiger partial charge < -0.3 is 10.6 Å². The SMILES string of the molecule is NC1CCCC(C(=O)N2CCC(CSc3ccccc3)C2)C1. The fourth-order valence-corrected chi connectivity index (χ4v) is 4.66. The van der Waals surface area contributed by atoms with Gasteiger partial charge in [0, 0.05) is 35.7 Å². The molecule has 1 aliphatic heterocycles. The molecule has 1 aliphatic carbocycles. The van der Waals surface area contributed by atoms with Gasteiger partial charge in [0.15, 0.2) is 0 Å². The molecule has 1 aromatic rings. The summed E-state index contributed by atoms with van der Waals surface area (Å²) >= 11 is 1.91. The summed E-state index contributed by atoms with van der Waals surface area (Å²) in [4.78, 5) is 16.1. The standard InChI is InChI=1S/C18H26N2OS/c19-16-6-4-5-15(11-16)18(21)20-10-9-14(12-20)13-22-17-7-2-1-3-8-17/h1-3,7-8,14-16H,4-6,9-13,19H2. The van der Waals surface area contributed by atoms with E-state index in [0.29, 0.717) is 11.8 Å². The van der Waals surface area contributed by atoms with E-state index >= 15 is 0 Å². The van der Waals surface area contributed by atoms with Crippen LogP contribution in [0.3, 0.4) is 0 Å². The molecule has 0 aromatic heterocycles. The first-order valence-electron chi connectivity index (χ1n) is 8.44. The molecule has 1 amide bonds. The maximum atomic E-state index is 12.6. The van der Waals surface area contributed by atoms with Crippen LogP contribution in [0.15, 0.2) is 35.2 Å². The van der Waals surface area contributed by atoms with Crippen LogP contribution in [0, 0.1) is 11.8 Å². The zero-order valence-corrected chi connectivity index (χ0v) is 13.9. The predicted molar refractivity (Wildman–Crippen MR) is 91.8 cm³/mol. The van der Waals surface area contributed by atoms with Crippen molar-refractivity contribution in [3.8, 4) is 0 Å². The van der Waals surface area contributed by atoms with Crippen LogP contribution in [0.4, 0.5) is 0 Å². The highest BCUT2D eigenvalue weighted by atomic mass is 32.2. The fourth-order valence-electron chi connectivity index (χ4n) is 3.61.